The molecule has 0 radical (unpaired) electrons. The van der Waals surface area contributed by atoms with Gasteiger partial charge in [0, 0.05) is 6.07 Å². The molecule has 1 fully saturated rings. The smallest absolute Gasteiger partial charge is 0.414 e. The van der Waals surface area contributed by atoms with E-state index in [0.717, 1.165) is 6.07 Å². The lowest BCUT2D eigenvalue weighted by molar-refractivity contribution is -0.205. The number of halogens is 4. The molecule has 0 spiro atoms. The van der Waals surface area contributed by atoms with Crippen LogP contribution in [0, 0.1) is 5.82 Å². The van der Waals surface area contributed by atoms with Crippen LogP contribution in [0.3, 0.4) is 0 Å². The summed E-state index contributed by atoms with van der Waals surface area (Å²) >= 11 is 5.58. The van der Waals surface area contributed by atoms with Gasteiger partial charge in [-0.25, -0.2) is 4.39 Å². The van der Waals surface area contributed by atoms with Crippen molar-refractivity contribution in [1.29, 1.82) is 0 Å². The zero-order chi connectivity index (χ0) is 23.1. The number of nitrogens with one attached hydrogen (secondary N) is 1. The second-order valence-electron chi connectivity index (χ2n) is 6.29. The molecule has 3 rings (SSSR count). The van der Waals surface area contributed by atoms with Crippen LogP contribution in [0.15, 0.2) is 22.6 Å². The summed E-state index contributed by atoms with van der Waals surface area (Å²) < 4.78 is 68.8. The molecule has 15 heteroatoms. The Hall–Kier alpha value is -2.18. The highest BCUT2D eigenvalue weighted by Gasteiger charge is 2.29. The van der Waals surface area contributed by atoms with Gasteiger partial charge in [-0.15, -0.1) is 5.10 Å². The number of hydrogen-bond donors (Lipinski definition) is 1. The molecule has 1 saturated heterocycles. The molecule has 0 aliphatic carbocycles. The van der Waals surface area contributed by atoms with Crippen LogP contribution in [0.4, 0.5) is 13.2 Å². The first kappa shape index (κ1) is 24.5. The zero-order valence-electron chi connectivity index (χ0n) is 16.3. The van der Waals surface area contributed by atoms with Crippen molar-refractivity contribution in [3.05, 3.63) is 34.9 Å². The third-order valence-electron chi connectivity index (χ3n) is 3.75. The van der Waals surface area contributed by atoms with E-state index in [9.17, 15) is 18.0 Å². The standard InChI is InChI=1S/C17H18ClF3N3O7P/c18-11-2-1-10(5-12(11)19)27-8-13(25)22-9-6-28-15(29-7-9)14-23-24-16(31-14)26-3-4-30-17(20,21)32/h1-2,5,9,15H,3-4,6-8,32H2,(H,22,25)/t9-,15-. The molecule has 1 aliphatic rings. The van der Waals surface area contributed by atoms with Gasteiger partial charge in [0.15, 0.2) is 6.61 Å². The minimum absolute atomic E-state index is 0.0461. The Bertz CT molecular complexity index is 910. The van der Waals surface area contributed by atoms with Crippen LogP contribution < -0.4 is 14.8 Å². The van der Waals surface area contributed by atoms with E-state index in [-0.39, 0.29) is 49.2 Å². The molecular weight excluding hydrogens is 482 g/mol. The van der Waals surface area contributed by atoms with Crippen molar-refractivity contribution in [3.63, 3.8) is 0 Å². The van der Waals surface area contributed by atoms with Gasteiger partial charge in [-0.1, -0.05) is 16.7 Å². The normalized spacial score (nSPS) is 18.9. The number of rotatable bonds is 10. The van der Waals surface area contributed by atoms with E-state index in [4.69, 9.17) is 35.0 Å². The van der Waals surface area contributed by atoms with E-state index in [2.05, 4.69) is 20.3 Å². The fraction of sp³-hybridized carbons (Fsp3) is 0.471. The van der Waals surface area contributed by atoms with Crippen LogP contribution in [0.2, 0.25) is 5.02 Å². The maximum Gasteiger partial charge on any atom is 0.414 e. The number of benzene rings is 1. The predicted molar refractivity (Wildman–Crippen MR) is 104 cm³/mol. The van der Waals surface area contributed by atoms with Crippen molar-refractivity contribution in [1.82, 2.24) is 15.5 Å². The summed E-state index contributed by atoms with van der Waals surface area (Å²) in [6, 6.07) is 3.34. The van der Waals surface area contributed by atoms with E-state index in [1.165, 1.54) is 21.4 Å². The molecule has 1 atom stereocenters. The number of carbonyl (C=O) groups excluding carboxylic acids is 1. The number of aromatic nitrogens is 2. The number of carbonyl (C=O) groups is 1. The number of nitrogens with zero attached hydrogens (tertiary/aromatic N) is 2. The topological polar surface area (TPSA) is 114 Å². The molecule has 1 N–H and O–H groups in total. The van der Waals surface area contributed by atoms with E-state index >= 15 is 0 Å². The third-order valence-corrected chi connectivity index (χ3v) is 4.22. The Morgan fingerprint density at radius 3 is 2.69 bits per heavy atom. The monoisotopic (exact) mass is 499 g/mol. The highest BCUT2D eigenvalue weighted by atomic mass is 35.5. The second-order valence-corrected chi connectivity index (χ2v) is 7.37. The van der Waals surface area contributed by atoms with Gasteiger partial charge in [-0.3, -0.25) is 4.79 Å². The maximum atomic E-state index is 13.4. The van der Waals surface area contributed by atoms with Crippen LogP contribution in [0.1, 0.15) is 12.2 Å². The Balaban J connectivity index is 1.36. The molecule has 1 amide bonds. The molecule has 176 valence electrons. The van der Waals surface area contributed by atoms with Crippen LogP contribution in [0.5, 0.6) is 11.8 Å². The predicted octanol–water partition coefficient (Wildman–Crippen LogP) is 2.29. The Morgan fingerprint density at radius 1 is 1.25 bits per heavy atom. The molecule has 2 heterocycles. The summed E-state index contributed by atoms with van der Waals surface area (Å²) in [5.74, 6) is -4.37. The third kappa shape index (κ3) is 7.75. The zero-order valence-corrected chi connectivity index (χ0v) is 18.2. The van der Waals surface area contributed by atoms with Gasteiger partial charge in [0.25, 0.3) is 11.8 Å². The largest absolute Gasteiger partial charge is 0.484 e. The van der Waals surface area contributed by atoms with Crippen LogP contribution in [-0.2, 0) is 19.0 Å². The molecule has 0 saturated carbocycles. The molecule has 1 aromatic heterocycles. The van der Waals surface area contributed by atoms with Crippen LogP contribution >= 0.6 is 20.8 Å². The lowest BCUT2D eigenvalue weighted by atomic mass is 10.3. The summed E-state index contributed by atoms with van der Waals surface area (Å²) in [6.07, 6.45) is -1.26. The number of ether oxygens (including phenoxy) is 5. The number of amides is 1. The Kier molecular flexibility index (Phi) is 8.49. The lowest BCUT2D eigenvalue weighted by Gasteiger charge is -2.27. The summed E-state index contributed by atoms with van der Waals surface area (Å²) in [4.78, 5) is 12.0. The summed E-state index contributed by atoms with van der Waals surface area (Å²) in [5.41, 5.74) is 0. The minimum atomic E-state index is -3.35. The van der Waals surface area contributed by atoms with Gasteiger partial charge >= 0.3 is 11.9 Å². The molecule has 0 bridgehead atoms. The summed E-state index contributed by atoms with van der Waals surface area (Å²) in [5, 5.41) is 9.87. The average Bonchev–Trinajstić information content (AvgIpc) is 3.21. The first-order valence-electron chi connectivity index (χ1n) is 9.07. The molecule has 1 aromatic carbocycles. The summed E-state index contributed by atoms with van der Waals surface area (Å²) in [6.45, 7) is -0.847. The molecular formula is C17H18ClF3N3O7P. The van der Waals surface area contributed by atoms with Gasteiger partial charge in [0.1, 0.15) is 18.2 Å². The van der Waals surface area contributed by atoms with Crippen molar-refractivity contribution >= 4 is 26.7 Å². The molecule has 1 unspecified atom stereocenters. The molecule has 10 nitrogen and oxygen atoms in total. The Labute approximate surface area is 186 Å². The molecule has 1 aliphatic heterocycles. The Morgan fingerprint density at radius 2 is 2.00 bits per heavy atom. The van der Waals surface area contributed by atoms with E-state index in [1.807, 2.05) is 0 Å². The van der Waals surface area contributed by atoms with Crippen molar-refractivity contribution in [3.8, 4) is 11.8 Å². The van der Waals surface area contributed by atoms with Crippen molar-refractivity contribution in [2.45, 2.75) is 18.2 Å². The van der Waals surface area contributed by atoms with Crippen molar-refractivity contribution in [2.24, 2.45) is 0 Å². The van der Waals surface area contributed by atoms with Crippen molar-refractivity contribution in [2.75, 3.05) is 33.0 Å². The van der Waals surface area contributed by atoms with E-state index in [0.29, 0.717) is 0 Å². The minimum Gasteiger partial charge on any atom is -0.484 e. The van der Waals surface area contributed by atoms with Crippen molar-refractivity contribution < 1.29 is 46.1 Å². The van der Waals surface area contributed by atoms with Gasteiger partial charge in [0.2, 0.25) is 6.29 Å². The fourth-order valence-corrected chi connectivity index (χ4v) is 2.63. The van der Waals surface area contributed by atoms with Gasteiger partial charge in [-0.05, 0) is 21.4 Å². The van der Waals surface area contributed by atoms with E-state index in [1.54, 1.807) is 0 Å². The SMILES string of the molecule is O=C(COc1ccc(Cl)c(F)c1)N[C@H]1CO[C@H](c2nnc(OCCOC(F)(F)P)o2)OC1. The maximum absolute atomic E-state index is 13.4. The quantitative estimate of drug-likeness (QED) is 0.388. The molecule has 32 heavy (non-hydrogen) atoms. The fourth-order valence-electron chi connectivity index (χ4n) is 2.39. The number of alkyl halides is 2. The molecule has 2 aromatic rings. The average molecular weight is 500 g/mol. The van der Waals surface area contributed by atoms with E-state index < -0.39 is 36.5 Å². The van der Waals surface area contributed by atoms with Gasteiger partial charge < -0.3 is 33.4 Å². The van der Waals surface area contributed by atoms with Crippen LogP contribution in [-0.4, -0.2) is 61.0 Å². The van der Waals surface area contributed by atoms with Gasteiger partial charge in [0.05, 0.1) is 30.9 Å². The lowest BCUT2D eigenvalue weighted by Crippen LogP contribution is -2.46. The first-order valence-corrected chi connectivity index (χ1v) is 10.0. The second kappa shape index (κ2) is 11.1. The van der Waals surface area contributed by atoms with Gasteiger partial charge in [-0.2, -0.15) is 8.78 Å². The highest BCUT2D eigenvalue weighted by Crippen LogP contribution is 2.25. The number of hydrogen-bond acceptors (Lipinski definition) is 9. The summed E-state index contributed by atoms with van der Waals surface area (Å²) in [7, 11) is 1.24. The highest BCUT2D eigenvalue weighted by molar-refractivity contribution is 7.17. The van der Waals surface area contributed by atoms with Crippen LogP contribution in [0.25, 0.3) is 0 Å². The first-order chi connectivity index (χ1) is 15.2.